The summed E-state index contributed by atoms with van der Waals surface area (Å²) in [7, 11) is 1.95. The Hall–Kier alpha value is -1.12. The summed E-state index contributed by atoms with van der Waals surface area (Å²) in [5, 5.41) is 4.15. The molecule has 1 aliphatic rings. The van der Waals surface area contributed by atoms with Gasteiger partial charge in [-0.1, -0.05) is 0 Å². The number of carbonyl (C=O) groups is 1. The van der Waals surface area contributed by atoms with Crippen LogP contribution in [-0.2, 0) is 18.3 Å². The number of aromatic nitrogens is 2. The molecule has 3 heteroatoms. The average Bonchev–Trinajstić information content (AvgIpc) is 2.80. The monoisotopic (exact) mass is 164 g/mol. The lowest BCUT2D eigenvalue weighted by atomic mass is 10.1. The number of carbonyl (C=O) groups excluding carboxylic acids is 1. The molecule has 0 aromatic carbocycles. The van der Waals surface area contributed by atoms with Crippen molar-refractivity contribution in [1.29, 1.82) is 0 Å². The van der Waals surface area contributed by atoms with Crippen molar-refractivity contribution in [3.05, 3.63) is 17.5 Å². The van der Waals surface area contributed by atoms with Gasteiger partial charge in [0.15, 0.2) is 0 Å². The molecule has 0 aliphatic heterocycles. The summed E-state index contributed by atoms with van der Waals surface area (Å²) < 4.78 is 1.90. The molecule has 0 spiro atoms. The lowest BCUT2D eigenvalue weighted by molar-refractivity contribution is -0.107. The maximum absolute atomic E-state index is 10.3. The fourth-order valence-corrected chi connectivity index (χ4v) is 1.62. The second-order valence-electron chi connectivity index (χ2n) is 3.32. The number of aldehydes is 1. The summed E-state index contributed by atoms with van der Waals surface area (Å²) in [6.07, 6.45) is 5.78. The van der Waals surface area contributed by atoms with E-state index in [1.165, 1.54) is 18.5 Å². The van der Waals surface area contributed by atoms with Crippen LogP contribution in [0.25, 0.3) is 0 Å². The third-order valence-electron chi connectivity index (χ3n) is 2.33. The van der Waals surface area contributed by atoms with E-state index in [1.807, 2.05) is 17.9 Å². The molecule has 3 nitrogen and oxygen atoms in total. The van der Waals surface area contributed by atoms with Gasteiger partial charge in [-0.3, -0.25) is 4.68 Å². The minimum Gasteiger partial charge on any atom is -0.303 e. The Labute approximate surface area is 71.4 Å². The molecule has 2 rings (SSSR count). The molecule has 12 heavy (non-hydrogen) atoms. The predicted octanol–water partition coefficient (Wildman–Crippen LogP) is 1.04. The summed E-state index contributed by atoms with van der Waals surface area (Å²) in [6, 6.07) is 0. The zero-order valence-corrected chi connectivity index (χ0v) is 7.16. The van der Waals surface area contributed by atoms with Crippen LogP contribution in [-0.4, -0.2) is 16.1 Å². The van der Waals surface area contributed by atoms with Gasteiger partial charge in [-0.15, -0.1) is 0 Å². The van der Waals surface area contributed by atoms with E-state index in [2.05, 4.69) is 5.10 Å². The first-order valence-electron chi connectivity index (χ1n) is 4.27. The quantitative estimate of drug-likeness (QED) is 0.625. The van der Waals surface area contributed by atoms with Crippen LogP contribution in [0, 0.1) is 0 Å². The van der Waals surface area contributed by atoms with E-state index < -0.39 is 0 Å². The van der Waals surface area contributed by atoms with Crippen molar-refractivity contribution >= 4 is 6.29 Å². The molecule has 0 N–H and O–H groups in total. The third-order valence-corrected chi connectivity index (χ3v) is 2.33. The Kier molecular flexibility index (Phi) is 1.71. The Bertz CT molecular complexity index is 299. The molecule has 0 atom stereocenters. The summed E-state index contributed by atoms with van der Waals surface area (Å²) in [4.78, 5) is 10.3. The molecule has 1 heterocycles. The number of hydrogen-bond acceptors (Lipinski definition) is 2. The molecule has 1 aromatic rings. The van der Waals surface area contributed by atoms with Crippen LogP contribution in [0.5, 0.6) is 0 Å². The van der Waals surface area contributed by atoms with Gasteiger partial charge < -0.3 is 4.79 Å². The van der Waals surface area contributed by atoms with Crippen LogP contribution >= 0.6 is 0 Å². The maximum Gasteiger partial charge on any atom is 0.124 e. The molecule has 1 fully saturated rings. The summed E-state index contributed by atoms with van der Waals surface area (Å²) in [5.41, 5.74) is 2.37. The molecule has 64 valence electrons. The van der Waals surface area contributed by atoms with Gasteiger partial charge >= 0.3 is 0 Å². The summed E-state index contributed by atoms with van der Waals surface area (Å²) in [6.45, 7) is 0. The third kappa shape index (κ3) is 1.15. The van der Waals surface area contributed by atoms with Gasteiger partial charge in [-0.05, 0) is 12.8 Å². The van der Waals surface area contributed by atoms with Crippen molar-refractivity contribution in [2.75, 3.05) is 0 Å². The van der Waals surface area contributed by atoms with Crippen molar-refractivity contribution in [2.45, 2.75) is 25.2 Å². The standard InChI is InChI=1S/C9H12N2O/c1-11-9(7-2-3-7)8(4-5-12)6-10-11/h5-7H,2-4H2,1H3. The SMILES string of the molecule is Cn1ncc(CC=O)c1C1CC1. The van der Waals surface area contributed by atoms with Gasteiger partial charge in [0, 0.05) is 30.6 Å². The normalized spacial score (nSPS) is 16.4. The number of nitrogens with zero attached hydrogens (tertiary/aromatic N) is 2. The molecule has 1 aromatic heterocycles. The number of aryl methyl sites for hydroxylation is 1. The smallest absolute Gasteiger partial charge is 0.124 e. The minimum atomic E-state index is 0.514. The lowest BCUT2D eigenvalue weighted by Crippen LogP contribution is -1.98. The summed E-state index contributed by atoms with van der Waals surface area (Å²) in [5.74, 6) is 0.674. The lowest BCUT2D eigenvalue weighted by Gasteiger charge is -2.00. The molecule has 0 radical (unpaired) electrons. The van der Waals surface area contributed by atoms with Crippen LogP contribution in [0.15, 0.2) is 6.20 Å². The van der Waals surface area contributed by atoms with Crippen molar-refractivity contribution in [2.24, 2.45) is 7.05 Å². The van der Waals surface area contributed by atoms with E-state index in [1.54, 1.807) is 0 Å². The fraction of sp³-hybridized carbons (Fsp3) is 0.556. The van der Waals surface area contributed by atoms with Gasteiger partial charge in [-0.25, -0.2) is 0 Å². The number of rotatable bonds is 3. The Morgan fingerprint density at radius 1 is 1.75 bits per heavy atom. The van der Waals surface area contributed by atoms with Crippen LogP contribution in [0.2, 0.25) is 0 Å². The minimum absolute atomic E-state index is 0.514. The van der Waals surface area contributed by atoms with E-state index in [4.69, 9.17) is 0 Å². The van der Waals surface area contributed by atoms with Gasteiger partial charge in [0.25, 0.3) is 0 Å². The van der Waals surface area contributed by atoms with E-state index in [-0.39, 0.29) is 0 Å². The molecule has 0 unspecified atom stereocenters. The highest BCUT2D eigenvalue weighted by atomic mass is 16.1. The van der Waals surface area contributed by atoms with Gasteiger partial charge in [0.05, 0.1) is 6.20 Å². The van der Waals surface area contributed by atoms with Crippen LogP contribution in [0.4, 0.5) is 0 Å². The first-order valence-corrected chi connectivity index (χ1v) is 4.27. The van der Waals surface area contributed by atoms with E-state index in [0.717, 1.165) is 11.8 Å². The molecule has 1 aliphatic carbocycles. The topological polar surface area (TPSA) is 34.9 Å². The first-order chi connectivity index (χ1) is 5.83. The highest BCUT2D eigenvalue weighted by molar-refractivity contribution is 5.55. The van der Waals surface area contributed by atoms with Crippen LogP contribution in [0.1, 0.15) is 30.0 Å². The molecular formula is C9H12N2O. The van der Waals surface area contributed by atoms with Crippen molar-refractivity contribution in [1.82, 2.24) is 9.78 Å². The Balaban J connectivity index is 2.32. The van der Waals surface area contributed by atoms with Crippen molar-refractivity contribution in [3.8, 4) is 0 Å². The van der Waals surface area contributed by atoms with Gasteiger partial charge in [0.2, 0.25) is 0 Å². The molecule has 0 amide bonds. The van der Waals surface area contributed by atoms with Crippen LogP contribution < -0.4 is 0 Å². The number of hydrogen-bond donors (Lipinski definition) is 0. The van der Waals surface area contributed by atoms with E-state index in [9.17, 15) is 4.79 Å². The molecule has 1 saturated carbocycles. The van der Waals surface area contributed by atoms with E-state index >= 15 is 0 Å². The molecule has 0 bridgehead atoms. The van der Waals surface area contributed by atoms with E-state index in [0.29, 0.717) is 12.3 Å². The Morgan fingerprint density at radius 3 is 3.08 bits per heavy atom. The zero-order valence-electron chi connectivity index (χ0n) is 7.16. The van der Waals surface area contributed by atoms with Crippen molar-refractivity contribution < 1.29 is 4.79 Å². The molecule has 0 saturated heterocycles. The largest absolute Gasteiger partial charge is 0.303 e. The predicted molar refractivity (Wildman–Crippen MR) is 45.0 cm³/mol. The highest BCUT2D eigenvalue weighted by Gasteiger charge is 2.28. The second kappa shape index (κ2) is 2.73. The second-order valence-corrected chi connectivity index (χ2v) is 3.32. The van der Waals surface area contributed by atoms with Gasteiger partial charge in [0.1, 0.15) is 6.29 Å². The average molecular weight is 164 g/mol. The van der Waals surface area contributed by atoms with Crippen LogP contribution in [0.3, 0.4) is 0 Å². The van der Waals surface area contributed by atoms with Gasteiger partial charge in [-0.2, -0.15) is 5.10 Å². The zero-order chi connectivity index (χ0) is 8.55. The Morgan fingerprint density at radius 2 is 2.50 bits per heavy atom. The first kappa shape index (κ1) is 7.53. The van der Waals surface area contributed by atoms with Crippen molar-refractivity contribution in [3.63, 3.8) is 0 Å². The fourth-order valence-electron chi connectivity index (χ4n) is 1.62. The maximum atomic E-state index is 10.3. The highest BCUT2D eigenvalue weighted by Crippen LogP contribution is 2.41. The molecular weight excluding hydrogens is 152 g/mol. The summed E-state index contributed by atoms with van der Waals surface area (Å²) >= 11 is 0.